The van der Waals surface area contributed by atoms with Gasteiger partial charge in [0.2, 0.25) is 0 Å². The molecule has 2 heterocycles. The highest BCUT2D eigenvalue weighted by atomic mass is 16.5. The van der Waals surface area contributed by atoms with E-state index in [1.54, 1.807) is 0 Å². The van der Waals surface area contributed by atoms with Crippen LogP contribution in [0.15, 0.2) is 24.3 Å². The average Bonchev–Trinajstić information content (AvgIpc) is 2.91. The zero-order chi connectivity index (χ0) is 22.2. The van der Waals surface area contributed by atoms with E-state index in [-0.39, 0.29) is 17.4 Å². The molecule has 2 saturated heterocycles. The summed E-state index contributed by atoms with van der Waals surface area (Å²) in [5.41, 5.74) is 1.68. The molecule has 0 bridgehead atoms. The van der Waals surface area contributed by atoms with Gasteiger partial charge < -0.3 is 15.0 Å². The standard InChI is InChI=1S/C24H36N4O3/c1-18-13-23(2,3)16-24(14-18)21(29)28(22(30)25-24)17-26(4)15-19-5-7-20(8-6-19)27-9-11-31-12-10-27/h5-8,18H,9-17H2,1-4H3,(H,25,30). The highest BCUT2D eigenvalue weighted by molar-refractivity contribution is 6.07. The van der Waals surface area contributed by atoms with Crippen molar-refractivity contribution in [3.8, 4) is 0 Å². The molecule has 1 aromatic rings. The fraction of sp³-hybridized carbons (Fsp3) is 0.667. The lowest BCUT2D eigenvalue weighted by molar-refractivity contribution is -0.136. The number of nitrogens with zero attached hydrogens (tertiary/aromatic N) is 3. The first-order valence-corrected chi connectivity index (χ1v) is 11.4. The van der Waals surface area contributed by atoms with Crippen LogP contribution in [-0.2, 0) is 16.1 Å². The van der Waals surface area contributed by atoms with Crippen molar-refractivity contribution in [3.63, 3.8) is 0 Å². The third kappa shape index (κ3) is 4.72. The van der Waals surface area contributed by atoms with E-state index in [1.807, 2.05) is 11.9 Å². The van der Waals surface area contributed by atoms with E-state index < -0.39 is 5.54 Å². The molecule has 170 valence electrons. The Hall–Kier alpha value is -2.12. The lowest BCUT2D eigenvalue weighted by Gasteiger charge is -2.43. The molecular formula is C24H36N4O3. The van der Waals surface area contributed by atoms with Crippen LogP contribution < -0.4 is 10.2 Å². The summed E-state index contributed by atoms with van der Waals surface area (Å²) in [6, 6.07) is 8.27. The molecule has 3 aliphatic rings. The highest BCUT2D eigenvalue weighted by Gasteiger charge is 2.56. The first-order valence-electron chi connectivity index (χ1n) is 11.4. The summed E-state index contributed by atoms with van der Waals surface area (Å²) in [6.45, 7) is 10.9. The first-order chi connectivity index (χ1) is 14.7. The SMILES string of the molecule is CC1CC(C)(C)CC2(C1)NC(=O)N(CN(C)Cc1ccc(N3CCOCC3)cc1)C2=O. The maximum absolute atomic E-state index is 13.3. The van der Waals surface area contributed by atoms with E-state index in [4.69, 9.17) is 4.74 Å². The van der Waals surface area contributed by atoms with Gasteiger partial charge in [-0.2, -0.15) is 0 Å². The maximum Gasteiger partial charge on any atom is 0.326 e. The van der Waals surface area contributed by atoms with Crippen LogP contribution in [0.5, 0.6) is 0 Å². The number of anilines is 1. The quantitative estimate of drug-likeness (QED) is 0.731. The second kappa shape index (κ2) is 8.43. The summed E-state index contributed by atoms with van der Waals surface area (Å²) in [4.78, 5) is 31.8. The van der Waals surface area contributed by atoms with Gasteiger partial charge in [-0.3, -0.25) is 9.69 Å². The fourth-order valence-electron chi connectivity index (χ4n) is 5.87. The van der Waals surface area contributed by atoms with E-state index in [2.05, 4.69) is 55.3 Å². The molecule has 0 aromatic heterocycles. The Morgan fingerprint density at radius 2 is 1.81 bits per heavy atom. The Bertz CT molecular complexity index is 819. The minimum Gasteiger partial charge on any atom is -0.378 e. The molecular weight excluding hydrogens is 392 g/mol. The predicted molar refractivity (Wildman–Crippen MR) is 121 cm³/mol. The number of rotatable bonds is 5. The van der Waals surface area contributed by atoms with Crippen molar-refractivity contribution < 1.29 is 14.3 Å². The van der Waals surface area contributed by atoms with Gasteiger partial charge >= 0.3 is 6.03 Å². The van der Waals surface area contributed by atoms with Crippen LogP contribution in [0.25, 0.3) is 0 Å². The van der Waals surface area contributed by atoms with Crippen molar-refractivity contribution in [1.29, 1.82) is 0 Å². The maximum atomic E-state index is 13.3. The van der Waals surface area contributed by atoms with Gasteiger partial charge in [0, 0.05) is 25.3 Å². The third-order valence-electron chi connectivity index (χ3n) is 6.77. The lowest BCUT2D eigenvalue weighted by Crippen LogP contribution is -2.54. The van der Waals surface area contributed by atoms with E-state index >= 15 is 0 Å². The van der Waals surface area contributed by atoms with Gasteiger partial charge in [-0.05, 0) is 55.3 Å². The van der Waals surface area contributed by atoms with Crippen LogP contribution in [0.2, 0.25) is 0 Å². The van der Waals surface area contributed by atoms with Gasteiger partial charge in [-0.15, -0.1) is 0 Å². The zero-order valence-electron chi connectivity index (χ0n) is 19.3. The van der Waals surface area contributed by atoms with Gasteiger partial charge in [-0.25, -0.2) is 9.69 Å². The molecule has 1 aromatic carbocycles. The summed E-state index contributed by atoms with van der Waals surface area (Å²) in [7, 11) is 1.95. The number of amides is 3. The van der Waals surface area contributed by atoms with Crippen molar-refractivity contribution in [3.05, 3.63) is 29.8 Å². The van der Waals surface area contributed by atoms with Gasteiger partial charge in [0.25, 0.3) is 5.91 Å². The molecule has 31 heavy (non-hydrogen) atoms. The van der Waals surface area contributed by atoms with Gasteiger partial charge in [0.1, 0.15) is 5.54 Å². The molecule has 7 heteroatoms. The number of carbonyl (C=O) groups is 2. The molecule has 3 amide bonds. The zero-order valence-corrected chi connectivity index (χ0v) is 19.3. The normalized spacial score (nSPS) is 28.5. The molecule has 0 radical (unpaired) electrons. The average molecular weight is 429 g/mol. The van der Waals surface area contributed by atoms with Crippen LogP contribution in [0.3, 0.4) is 0 Å². The molecule has 1 spiro atoms. The number of hydrogen-bond acceptors (Lipinski definition) is 5. The fourth-order valence-corrected chi connectivity index (χ4v) is 5.87. The number of urea groups is 1. The predicted octanol–water partition coefficient (Wildman–Crippen LogP) is 3.05. The Labute approximate surface area is 185 Å². The van der Waals surface area contributed by atoms with E-state index in [9.17, 15) is 9.59 Å². The number of ether oxygens (including phenoxy) is 1. The van der Waals surface area contributed by atoms with E-state index in [1.165, 1.54) is 10.6 Å². The first kappa shape index (κ1) is 22.1. The number of carbonyl (C=O) groups excluding carboxylic acids is 2. The Kier molecular flexibility index (Phi) is 6.01. The van der Waals surface area contributed by atoms with Crippen molar-refractivity contribution in [2.75, 3.05) is 44.9 Å². The second-order valence-corrected chi connectivity index (χ2v) is 10.5. The van der Waals surface area contributed by atoms with Gasteiger partial charge in [0.05, 0.1) is 19.9 Å². The van der Waals surface area contributed by atoms with Gasteiger partial charge in [-0.1, -0.05) is 32.9 Å². The molecule has 2 atom stereocenters. The Morgan fingerprint density at radius 3 is 2.45 bits per heavy atom. The van der Waals surface area contributed by atoms with E-state index in [0.717, 1.165) is 44.7 Å². The smallest absolute Gasteiger partial charge is 0.326 e. The number of nitrogens with one attached hydrogen (secondary N) is 1. The van der Waals surface area contributed by atoms with E-state index in [0.29, 0.717) is 25.6 Å². The molecule has 2 unspecified atom stereocenters. The number of imide groups is 1. The number of hydrogen-bond donors (Lipinski definition) is 1. The summed E-state index contributed by atoms with van der Waals surface area (Å²) < 4.78 is 5.42. The molecule has 2 aliphatic heterocycles. The molecule has 7 nitrogen and oxygen atoms in total. The number of morpholine rings is 1. The Morgan fingerprint density at radius 1 is 1.13 bits per heavy atom. The second-order valence-electron chi connectivity index (χ2n) is 10.5. The molecule has 4 rings (SSSR count). The van der Waals surface area contributed by atoms with Crippen molar-refractivity contribution in [2.24, 2.45) is 11.3 Å². The molecule has 1 saturated carbocycles. The summed E-state index contributed by atoms with van der Waals surface area (Å²) >= 11 is 0. The van der Waals surface area contributed by atoms with Crippen LogP contribution in [0.1, 0.15) is 45.6 Å². The molecule has 1 aliphatic carbocycles. The number of benzene rings is 1. The summed E-state index contributed by atoms with van der Waals surface area (Å²) in [5, 5.41) is 3.06. The minimum absolute atomic E-state index is 0.0464. The Balaban J connectivity index is 1.37. The summed E-state index contributed by atoms with van der Waals surface area (Å²) in [6.07, 6.45) is 2.51. The largest absolute Gasteiger partial charge is 0.378 e. The molecule has 1 N–H and O–H groups in total. The molecule has 3 fully saturated rings. The summed E-state index contributed by atoms with van der Waals surface area (Å²) in [5.74, 6) is 0.349. The lowest BCUT2D eigenvalue weighted by atomic mass is 9.64. The van der Waals surface area contributed by atoms with Crippen molar-refractivity contribution >= 4 is 17.6 Å². The topological polar surface area (TPSA) is 65.1 Å². The van der Waals surface area contributed by atoms with Crippen LogP contribution in [0.4, 0.5) is 10.5 Å². The van der Waals surface area contributed by atoms with Crippen LogP contribution in [0, 0.1) is 11.3 Å². The van der Waals surface area contributed by atoms with Crippen LogP contribution >= 0.6 is 0 Å². The van der Waals surface area contributed by atoms with Crippen molar-refractivity contribution in [1.82, 2.24) is 15.1 Å². The highest BCUT2D eigenvalue weighted by Crippen LogP contribution is 2.46. The van der Waals surface area contributed by atoms with Gasteiger partial charge in [0.15, 0.2) is 0 Å². The van der Waals surface area contributed by atoms with Crippen molar-refractivity contribution in [2.45, 2.75) is 52.1 Å². The minimum atomic E-state index is -0.737. The van der Waals surface area contributed by atoms with Crippen LogP contribution in [-0.4, -0.2) is 67.3 Å². The monoisotopic (exact) mass is 428 g/mol. The third-order valence-corrected chi connectivity index (χ3v) is 6.77.